The molecule has 0 spiro atoms. The van der Waals surface area contributed by atoms with Gasteiger partial charge in [-0.2, -0.15) is 0 Å². The van der Waals surface area contributed by atoms with Crippen LogP contribution in [0.2, 0.25) is 0 Å². The topological polar surface area (TPSA) is 53.1 Å². The Labute approximate surface area is 199 Å². The first-order valence-corrected chi connectivity index (χ1v) is 11.8. The average molecular weight is 472 g/mol. The zero-order valence-corrected chi connectivity index (χ0v) is 19.5. The predicted octanol–water partition coefficient (Wildman–Crippen LogP) is 3.56. The van der Waals surface area contributed by atoms with E-state index in [9.17, 15) is 18.4 Å². The van der Waals surface area contributed by atoms with Crippen LogP contribution in [0.25, 0.3) is 0 Å². The van der Waals surface area contributed by atoms with Crippen molar-refractivity contribution in [1.82, 2.24) is 14.7 Å². The zero-order chi connectivity index (χ0) is 24.1. The quantitative estimate of drug-likeness (QED) is 0.669. The highest BCUT2D eigenvalue weighted by Gasteiger charge is 2.32. The van der Waals surface area contributed by atoms with E-state index in [2.05, 4.69) is 17.0 Å². The molecule has 2 aliphatic rings. The summed E-state index contributed by atoms with van der Waals surface area (Å²) >= 11 is 0. The van der Waals surface area contributed by atoms with Crippen LogP contribution in [0, 0.1) is 17.6 Å². The molecule has 0 radical (unpaired) electrons. The van der Waals surface area contributed by atoms with Gasteiger partial charge >= 0.3 is 0 Å². The predicted molar refractivity (Wildman–Crippen MR) is 124 cm³/mol. The Hall–Kier alpha value is -3.00. The lowest BCUT2D eigenvalue weighted by atomic mass is 9.94. The van der Waals surface area contributed by atoms with Crippen molar-refractivity contribution in [2.45, 2.75) is 25.8 Å². The molecule has 34 heavy (non-hydrogen) atoms. The van der Waals surface area contributed by atoms with Gasteiger partial charge in [0.2, 0.25) is 5.91 Å². The Kier molecular flexibility index (Phi) is 7.77. The summed E-state index contributed by atoms with van der Waals surface area (Å²) in [6.45, 7) is 4.80. The van der Waals surface area contributed by atoms with E-state index in [1.54, 1.807) is 12.0 Å². The Morgan fingerprint density at radius 2 is 1.65 bits per heavy atom. The molecule has 2 aromatic rings. The molecule has 2 aromatic carbocycles. The number of carbonyl (C=O) groups is 2. The highest BCUT2D eigenvalue weighted by atomic mass is 19.1. The fourth-order valence-corrected chi connectivity index (χ4v) is 4.76. The number of hydrogen-bond acceptors (Lipinski definition) is 4. The molecular formula is C26H31F2N3O3. The van der Waals surface area contributed by atoms with Gasteiger partial charge in [0.05, 0.1) is 12.7 Å². The number of halogens is 2. The van der Waals surface area contributed by atoms with Crippen LogP contribution in [0.5, 0.6) is 5.75 Å². The zero-order valence-electron chi connectivity index (χ0n) is 19.5. The van der Waals surface area contributed by atoms with Gasteiger partial charge < -0.3 is 14.5 Å². The van der Waals surface area contributed by atoms with Crippen LogP contribution in [-0.2, 0) is 11.3 Å². The summed E-state index contributed by atoms with van der Waals surface area (Å²) in [4.78, 5) is 31.7. The van der Waals surface area contributed by atoms with Crippen LogP contribution in [-0.4, -0.2) is 72.9 Å². The van der Waals surface area contributed by atoms with E-state index >= 15 is 0 Å². The van der Waals surface area contributed by atoms with Gasteiger partial charge in [0.15, 0.2) is 0 Å². The number of piperidine rings is 1. The SMILES string of the molecule is COc1ccc(CN2CCCN(C(=O)C3CCN(C(=O)c4ccc(F)cc4F)CC3)CC2)cc1. The monoisotopic (exact) mass is 471 g/mol. The summed E-state index contributed by atoms with van der Waals surface area (Å²) in [5, 5.41) is 0. The first-order chi connectivity index (χ1) is 16.4. The molecule has 0 saturated carbocycles. The van der Waals surface area contributed by atoms with E-state index in [-0.39, 0.29) is 17.4 Å². The Morgan fingerprint density at radius 3 is 2.32 bits per heavy atom. The number of nitrogens with zero attached hydrogens (tertiary/aromatic N) is 3. The molecule has 2 saturated heterocycles. The second kappa shape index (κ2) is 11.0. The van der Waals surface area contributed by atoms with Crippen molar-refractivity contribution in [1.29, 1.82) is 0 Å². The lowest BCUT2D eigenvalue weighted by Gasteiger charge is -2.34. The summed E-state index contributed by atoms with van der Waals surface area (Å²) in [5.41, 5.74) is 1.09. The highest BCUT2D eigenvalue weighted by molar-refractivity contribution is 5.94. The van der Waals surface area contributed by atoms with Crippen molar-refractivity contribution in [3.8, 4) is 5.75 Å². The number of carbonyl (C=O) groups excluding carboxylic acids is 2. The number of benzene rings is 2. The summed E-state index contributed by atoms with van der Waals surface area (Å²) in [7, 11) is 1.66. The number of amides is 2. The van der Waals surface area contributed by atoms with Crippen molar-refractivity contribution >= 4 is 11.8 Å². The summed E-state index contributed by atoms with van der Waals surface area (Å²) < 4.78 is 32.4. The van der Waals surface area contributed by atoms with Crippen molar-refractivity contribution < 1.29 is 23.1 Å². The minimum Gasteiger partial charge on any atom is -0.497 e. The number of rotatable bonds is 5. The molecule has 8 heteroatoms. The maximum absolute atomic E-state index is 14.0. The maximum Gasteiger partial charge on any atom is 0.256 e. The molecule has 2 aliphatic heterocycles. The second-order valence-electron chi connectivity index (χ2n) is 8.99. The standard InChI is InChI=1S/C26H31F2N3O3/c1-34-22-6-3-19(4-7-22)18-29-11-2-12-30(16-15-29)25(32)20-9-13-31(14-10-20)26(33)23-8-5-21(27)17-24(23)28/h3-8,17,20H,2,9-16,18H2,1H3. The van der Waals surface area contributed by atoms with E-state index in [1.807, 2.05) is 17.0 Å². The number of methoxy groups -OCH3 is 1. The Balaban J connectivity index is 1.27. The summed E-state index contributed by atoms with van der Waals surface area (Å²) in [6, 6.07) is 11.1. The molecule has 4 rings (SSSR count). The summed E-state index contributed by atoms with van der Waals surface area (Å²) in [6.07, 6.45) is 2.03. The van der Waals surface area contributed by atoms with Gasteiger partial charge in [0, 0.05) is 57.8 Å². The molecule has 0 unspecified atom stereocenters. The number of ether oxygens (including phenoxy) is 1. The first kappa shape index (κ1) is 24.1. The molecule has 2 amide bonds. The molecule has 0 atom stereocenters. The maximum atomic E-state index is 14.0. The third kappa shape index (κ3) is 5.73. The van der Waals surface area contributed by atoms with Crippen molar-refractivity contribution in [2.75, 3.05) is 46.4 Å². The fraction of sp³-hybridized carbons (Fsp3) is 0.462. The number of hydrogen-bond donors (Lipinski definition) is 0. The third-order valence-electron chi connectivity index (χ3n) is 6.76. The van der Waals surface area contributed by atoms with Gasteiger partial charge in [0.1, 0.15) is 17.4 Å². The van der Waals surface area contributed by atoms with E-state index in [0.29, 0.717) is 32.5 Å². The van der Waals surface area contributed by atoms with E-state index in [4.69, 9.17) is 4.74 Å². The van der Waals surface area contributed by atoms with Crippen LogP contribution in [0.3, 0.4) is 0 Å². The molecule has 182 valence electrons. The third-order valence-corrected chi connectivity index (χ3v) is 6.76. The molecule has 0 bridgehead atoms. The molecular weight excluding hydrogens is 440 g/mol. The second-order valence-corrected chi connectivity index (χ2v) is 8.99. The van der Waals surface area contributed by atoms with E-state index < -0.39 is 17.5 Å². The largest absolute Gasteiger partial charge is 0.497 e. The highest BCUT2D eigenvalue weighted by Crippen LogP contribution is 2.23. The molecule has 2 fully saturated rings. The van der Waals surface area contributed by atoms with Crippen LogP contribution < -0.4 is 4.74 Å². The molecule has 0 N–H and O–H groups in total. The molecule has 2 heterocycles. The lowest BCUT2D eigenvalue weighted by molar-refractivity contribution is -0.136. The van der Waals surface area contributed by atoms with Crippen LogP contribution in [0.4, 0.5) is 8.78 Å². The molecule has 0 aliphatic carbocycles. The van der Waals surface area contributed by atoms with Crippen LogP contribution in [0.15, 0.2) is 42.5 Å². The van der Waals surface area contributed by atoms with Gasteiger partial charge in [-0.3, -0.25) is 14.5 Å². The first-order valence-electron chi connectivity index (χ1n) is 11.8. The van der Waals surface area contributed by atoms with E-state index in [1.165, 1.54) is 11.6 Å². The van der Waals surface area contributed by atoms with Gasteiger partial charge in [-0.25, -0.2) is 8.78 Å². The Morgan fingerprint density at radius 1 is 0.912 bits per heavy atom. The van der Waals surface area contributed by atoms with Crippen molar-refractivity contribution in [3.63, 3.8) is 0 Å². The van der Waals surface area contributed by atoms with Gasteiger partial charge in [-0.15, -0.1) is 0 Å². The molecule has 6 nitrogen and oxygen atoms in total. The smallest absolute Gasteiger partial charge is 0.256 e. The number of likely N-dealkylation sites (tertiary alicyclic amines) is 1. The fourth-order valence-electron chi connectivity index (χ4n) is 4.76. The minimum absolute atomic E-state index is 0.129. The van der Waals surface area contributed by atoms with Crippen LogP contribution in [0.1, 0.15) is 35.2 Å². The minimum atomic E-state index is -0.855. The van der Waals surface area contributed by atoms with Crippen molar-refractivity contribution in [3.05, 3.63) is 65.2 Å². The van der Waals surface area contributed by atoms with Gasteiger partial charge in [-0.05, 0) is 49.1 Å². The molecule has 0 aromatic heterocycles. The Bertz CT molecular complexity index is 1010. The van der Waals surface area contributed by atoms with Gasteiger partial charge in [0.25, 0.3) is 5.91 Å². The van der Waals surface area contributed by atoms with Gasteiger partial charge in [-0.1, -0.05) is 12.1 Å². The van der Waals surface area contributed by atoms with E-state index in [0.717, 1.165) is 50.5 Å². The lowest BCUT2D eigenvalue weighted by Crippen LogP contribution is -2.45. The normalized spacial score (nSPS) is 18.0. The van der Waals surface area contributed by atoms with Crippen molar-refractivity contribution in [2.24, 2.45) is 5.92 Å². The average Bonchev–Trinajstić information content (AvgIpc) is 3.09. The summed E-state index contributed by atoms with van der Waals surface area (Å²) in [5.74, 6) is -1.16. The van der Waals surface area contributed by atoms with Crippen LogP contribution >= 0.6 is 0 Å².